The topological polar surface area (TPSA) is 49.3 Å². The number of anilines is 1. The third kappa shape index (κ3) is 2.33. The van der Waals surface area contributed by atoms with E-state index in [1.165, 1.54) is 10.1 Å². The fourth-order valence-electron chi connectivity index (χ4n) is 1.43. The number of nitrogens with one attached hydrogen (secondary N) is 1. The maximum absolute atomic E-state index is 10.7. The number of hydrogen-bond acceptors (Lipinski definition) is 3. The molecule has 0 amide bonds. The molecule has 0 radical (unpaired) electrons. The van der Waals surface area contributed by atoms with Crippen molar-refractivity contribution in [1.29, 1.82) is 0 Å². The van der Waals surface area contributed by atoms with Gasteiger partial charge in [0.1, 0.15) is 0 Å². The zero-order valence-electron chi connectivity index (χ0n) is 8.93. The summed E-state index contributed by atoms with van der Waals surface area (Å²) in [6, 6.07) is 8.13. The Labute approximate surface area is 97.7 Å². The first-order valence-electron chi connectivity index (χ1n) is 5.11. The van der Waals surface area contributed by atoms with Crippen molar-refractivity contribution >= 4 is 33.1 Å². The van der Waals surface area contributed by atoms with Crippen molar-refractivity contribution in [3.8, 4) is 0 Å². The zero-order valence-corrected chi connectivity index (χ0v) is 9.75. The summed E-state index contributed by atoms with van der Waals surface area (Å²) in [5.74, 6) is -1.15. The molecule has 1 unspecified atom stereocenters. The second-order valence-electron chi connectivity index (χ2n) is 3.79. The lowest BCUT2D eigenvalue weighted by molar-refractivity contribution is -0.140. The SMILES string of the molecule is CC(CNc1ccc2sccc2c1)C(=O)O. The molecule has 2 aromatic rings. The van der Waals surface area contributed by atoms with Crippen molar-refractivity contribution < 1.29 is 9.90 Å². The summed E-state index contributed by atoms with van der Waals surface area (Å²) in [6.45, 7) is 2.14. The van der Waals surface area contributed by atoms with Crippen molar-refractivity contribution in [3.63, 3.8) is 0 Å². The predicted octanol–water partition coefficient (Wildman–Crippen LogP) is 3.03. The first kappa shape index (κ1) is 11.0. The summed E-state index contributed by atoms with van der Waals surface area (Å²) in [7, 11) is 0. The third-order valence-corrected chi connectivity index (χ3v) is 3.38. The summed E-state index contributed by atoms with van der Waals surface area (Å²) in [6.07, 6.45) is 0. The van der Waals surface area contributed by atoms with E-state index >= 15 is 0 Å². The molecule has 2 rings (SSSR count). The van der Waals surface area contributed by atoms with Crippen LogP contribution in [-0.2, 0) is 4.79 Å². The van der Waals surface area contributed by atoms with Crippen LogP contribution in [0.25, 0.3) is 10.1 Å². The Bertz CT molecular complexity index is 506. The average Bonchev–Trinajstić information content (AvgIpc) is 2.72. The Morgan fingerprint density at radius 1 is 1.50 bits per heavy atom. The second-order valence-corrected chi connectivity index (χ2v) is 4.74. The lowest BCUT2D eigenvalue weighted by Gasteiger charge is -2.09. The number of carboxylic acids is 1. The molecular weight excluding hydrogens is 222 g/mol. The smallest absolute Gasteiger partial charge is 0.308 e. The van der Waals surface area contributed by atoms with Gasteiger partial charge >= 0.3 is 5.97 Å². The van der Waals surface area contributed by atoms with E-state index in [-0.39, 0.29) is 5.92 Å². The fraction of sp³-hybridized carbons (Fsp3) is 0.250. The Morgan fingerprint density at radius 3 is 3.06 bits per heavy atom. The van der Waals surface area contributed by atoms with Crippen LogP contribution in [-0.4, -0.2) is 17.6 Å². The number of benzene rings is 1. The maximum atomic E-state index is 10.7. The van der Waals surface area contributed by atoms with Gasteiger partial charge in [-0.05, 0) is 35.0 Å². The third-order valence-electron chi connectivity index (χ3n) is 2.49. The number of hydrogen-bond donors (Lipinski definition) is 2. The summed E-state index contributed by atoms with van der Waals surface area (Å²) in [5, 5.41) is 15.1. The quantitative estimate of drug-likeness (QED) is 0.856. The van der Waals surface area contributed by atoms with Crippen molar-refractivity contribution in [3.05, 3.63) is 29.6 Å². The van der Waals surface area contributed by atoms with E-state index in [9.17, 15) is 4.79 Å². The molecule has 16 heavy (non-hydrogen) atoms. The van der Waals surface area contributed by atoms with Gasteiger partial charge in [0.05, 0.1) is 5.92 Å². The van der Waals surface area contributed by atoms with Gasteiger partial charge in [0.15, 0.2) is 0 Å². The van der Waals surface area contributed by atoms with E-state index in [0.29, 0.717) is 6.54 Å². The van der Waals surface area contributed by atoms with E-state index in [1.807, 2.05) is 23.6 Å². The van der Waals surface area contributed by atoms with Crippen LogP contribution in [0, 0.1) is 5.92 Å². The summed E-state index contributed by atoms with van der Waals surface area (Å²) < 4.78 is 1.25. The molecule has 2 N–H and O–H groups in total. The van der Waals surface area contributed by atoms with Gasteiger partial charge in [0, 0.05) is 16.9 Å². The van der Waals surface area contributed by atoms with Gasteiger partial charge in [0.25, 0.3) is 0 Å². The lowest BCUT2D eigenvalue weighted by Crippen LogP contribution is -2.19. The molecule has 0 saturated heterocycles. The molecule has 0 aliphatic carbocycles. The highest BCUT2D eigenvalue weighted by Gasteiger charge is 2.09. The molecule has 0 aliphatic rings. The number of fused-ring (bicyclic) bond motifs is 1. The highest BCUT2D eigenvalue weighted by atomic mass is 32.1. The van der Waals surface area contributed by atoms with E-state index in [0.717, 1.165) is 5.69 Å². The van der Waals surface area contributed by atoms with E-state index in [4.69, 9.17) is 5.11 Å². The van der Waals surface area contributed by atoms with Crippen LogP contribution in [0.4, 0.5) is 5.69 Å². The minimum absolute atomic E-state index is 0.377. The first-order chi connectivity index (χ1) is 7.66. The van der Waals surface area contributed by atoms with Gasteiger partial charge in [-0.15, -0.1) is 11.3 Å². The highest BCUT2D eigenvalue weighted by Crippen LogP contribution is 2.23. The van der Waals surface area contributed by atoms with E-state index in [1.54, 1.807) is 18.3 Å². The van der Waals surface area contributed by atoms with Crippen molar-refractivity contribution in [2.45, 2.75) is 6.92 Å². The Kier molecular flexibility index (Phi) is 3.10. The first-order valence-corrected chi connectivity index (χ1v) is 5.99. The molecule has 0 bridgehead atoms. The summed E-state index contributed by atoms with van der Waals surface area (Å²) >= 11 is 1.70. The van der Waals surface area contributed by atoms with Crippen LogP contribution in [0.1, 0.15) is 6.92 Å². The van der Waals surface area contributed by atoms with Crippen molar-refractivity contribution in [2.75, 3.05) is 11.9 Å². The summed E-state index contributed by atoms with van der Waals surface area (Å²) in [5.41, 5.74) is 0.971. The Morgan fingerprint density at radius 2 is 2.31 bits per heavy atom. The normalized spacial score (nSPS) is 12.6. The van der Waals surface area contributed by atoms with Crippen LogP contribution in [0.5, 0.6) is 0 Å². The van der Waals surface area contributed by atoms with Crippen molar-refractivity contribution in [1.82, 2.24) is 0 Å². The molecule has 1 aromatic carbocycles. The van der Waals surface area contributed by atoms with Gasteiger partial charge in [0.2, 0.25) is 0 Å². The molecular formula is C12H13NO2S. The molecule has 0 aliphatic heterocycles. The number of carbonyl (C=O) groups is 1. The minimum Gasteiger partial charge on any atom is -0.481 e. The Balaban J connectivity index is 2.06. The molecule has 1 atom stereocenters. The van der Waals surface area contributed by atoms with Crippen LogP contribution < -0.4 is 5.32 Å². The fourth-order valence-corrected chi connectivity index (χ4v) is 2.21. The number of rotatable bonds is 4. The standard InChI is InChI=1S/C12H13NO2S/c1-8(12(14)15)7-13-10-2-3-11-9(6-10)4-5-16-11/h2-6,8,13H,7H2,1H3,(H,14,15). The number of carboxylic acid groups (broad SMARTS) is 1. The van der Waals surface area contributed by atoms with Gasteiger partial charge in [-0.1, -0.05) is 6.92 Å². The molecule has 1 aromatic heterocycles. The second kappa shape index (κ2) is 4.53. The molecule has 0 fully saturated rings. The van der Waals surface area contributed by atoms with Crippen LogP contribution in [0.15, 0.2) is 29.6 Å². The molecule has 0 spiro atoms. The van der Waals surface area contributed by atoms with Crippen molar-refractivity contribution in [2.24, 2.45) is 5.92 Å². The van der Waals surface area contributed by atoms with Gasteiger partial charge in [-0.2, -0.15) is 0 Å². The molecule has 4 heteroatoms. The zero-order chi connectivity index (χ0) is 11.5. The lowest BCUT2D eigenvalue weighted by atomic mass is 10.2. The molecule has 3 nitrogen and oxygen atoms in total. The largest absolute Gasteiger partial charge is 0.481 e. The molecule has 1 heterocycles. The van der Waals surface area contributed by atoms with Crippen LogP contribution in [0.2, 0.25) is 0 Å². The summed E-state index contributed by atoms with van der Waals surface area (Å²) in [4.78, 5) is 10.7. The minimum atomic E-state index is -0.774. The van der Waals surface area contributed by atoms with E-state index < -0.39 is 5.97 Å². The average molecular weight is 235 g/mol. The van der Waals surface area contributed by atoms with Gasteiger partial charge in [-0.3, -0.25) is 4.79 Å². The van der Waals surface area contributed by atoms with Crippen LogP contribution in [0.3, 0.4) is 0 Å². The monoisotopic (exact) mass is 235 g/mol. The predicted molar refractivity (Wildman–Crippen MR) is 67.1 cm³/mol. The van der Waals surface area contributed by atoms with Crippen LogP contribution >= 0.6 is 11.3 Å². The molecule has 84 valence electrons. The van der Waals surface area contributed by atoms with E-state index in [2.05, 4.69) is 11.4 Å². The number of thiophene rings is 1. The van der Waals surface area contributed by atoms with Gasteiger partial charge < -0.3 is 10.4 Å². The highest BCUT2D eigenvalue weighted by molar-refractivity contribution is 7.17. The molecule has 0 saturated carbocycles. The van der Waals surface area contributed by atoms with Gasteiger partial charge in [-0.25, -0.2) is 0 Å². The Hall–Kier alpha value is -1.55. The maximum Gasteiger partial charge on any atom is 0.308 e. The number of aliphatic carboxylic acids is 1.